The summed E-state index contributed by atoms with van der Waals surface area (Å²) in [6.45, 7) is 1.66. The second-order valence-electron chi connectivity index (χ2n) is 13.8. The highest BCUT2D eigenvalue weighted by atomic mass is 32.1. The van der Waals surface area contributed by atoms with Gasteiger partial charge in [0.1, 0.15) is 45.5 Å². The van der Waals surface area contributed by atoms with E-state index in [-0.39, 0.29) is 36.6 Å². The maximum atomic E-state index is 14.6. The Labute approximate surface area is 309 Å². The minimum absolute atomic E-state index is 0.0336. The molecule has 5 atom stereocenters. The highest BCUT2D eigenvalue weighted by Gasteiger charge is 2.61. The number of rotatable bonds is 7. The minimum atomic E-state index is -1.47. The number of hydrogen-bond acceptors (Lipinski definition) is 10. The normalized spacial score (nSPS) is 24.7. The third-order valence-corrected chi connectivity index (χ3v) is 11.2. The van der Waals surface area contributed by atoms with Crippen LogP contribution in [0.15, 0.2) is 66.2 Å². The Morgan fingerprint density at radius 1 is 1.08 bits per heavy atom. The number of carbonyl (C=O) groups excluding carboxylic acids is 3. The number of allylic oxidation sites excluding steroid dienone is 1. The number of carboxylic acids is 1. The molecule has 0 radical (unpaired) electrons. The van der Waals surface area contributed by atoms with Gasteiger partial charge in [0.05, 0.1) is 13.2 Å². The lowest BCUT2D eigenvalue weighted by Crippen LogP contribution is -2.56. The Morgan fingerprint density at radius 3 is 2.60 bits per heavy atom. The van der Waals surface area contributed by atoms with Gasteiger partial charge in [-0.1, -0.05) is 31.1 Å². The standard InChI is InChI=1S/C38H41N7O7S/c1-22-27(10-8-12-30(22)46)33(47)40-28-11-7-5-3-4-6-9-24-20-38(24,37(50)51)41-34(48)29-19-25(21-44(29)36(28)49)45-42-31(23-13-15-26(52-2)16-14-23)32(43-45)35-39-17-18-53-35/h6,8-10,12-18,24-25,28-29,46H,3-5,7,11,19-21H2,1-2H3,(H,40,47)(H,41,48)(H,50,51)/t24-,25-,28-,29+,38+/m1/s1. The topological polar surface area (TPSA) is 189 Å². The second-order valence-corrected chi connectivity index (χ2v) is 14.7. The molecule has 1 aliphatic carbocycles. The van der Waals surface area contributed by atoms with Crippen molar-refractivity contribution in [2.75, 3.05) is 13.7 Å². The van der Waals surface area contributed by atoms with Crippen LogP contribution in [0.1, 0.15) is 66.9 Å². The Kier molecular flexibility index (Phi) is 10.0. The number of aliphatic carboxylic acids is 1. The van der Waals surface area contributed by atoms with E-state index in [4.69, 9.17) is 14.9 Å². The quantitative estimate of drug-likeness (QED) is 0.196. The van der Waals surface area contributed by atoms with Crippen molar-refractivity contribution in [1.29, 1.82) is 0 Å². The Balaban J connectivity index is 1.25. The maximum Gasteiger partial charge on any atom is 0.330 e. The number of nitrogens with one attached hydrogen (secondary N) is 2. The number of aromatic hydroxyl groups is 1. The van der Waals surface area contributed by atoms with Gasteiger partial charge in [0.2, 0.25) is 11.8 Å². The lowest BCUT2D eigenvalue weighted by atomic mass is 10.0. The van der Waals surface area contributed by atoms with Crippen molar-refractivity contribution in [3.8, 4) is 33.5 Å². The van der Waals surface area contributed by atoms with Gasteiger partial charge in [-0.25, -0.2) is 9.78 Å². The first kappa shape index (κ1) is 35.8. The molecule has 0 unspecified atom stereocenters. The van der Waals surface area contributed by atoms with Crippen molar-refractivity contribution in [1.82, 2.24) is 35.5 Å². The van der Waals surface area contributed by atoms with Crippen molar-refractivity contribution < 1.29 is 34.1 Å². The highest BCUT2D eigenvalue weighted by Crippen LogP contribution is 2.46. The molecule has 2 aromatic heterocycles. The summed E-state index contributed by atoms with van der Waals surface area (Å²) in [4.78, 5) is 62.4. The molecule has 3 aliphatic rings. The second kappa shape index (κ2) is 14.8. The number of nitrogens with zero attached hydrogens (tertiary/aromatic N) is 5. The van der Waals surface area contributed by atoms with Gasteiger partial charge in [-0.3, -0.25) is 14.4 Å². The van der Waals surface area contributed by atoms with E-state index in [0.717, 1.165) is 24.8 Å². The average Bonchev–Trinajstić information content (AvgIpc) is 3.61. The van der Waals surface area contributed by atoms with Gasteiger partial charge in [-0.05, 0) is 69.0 Å². The number of carboxylic acid groups (broad SMARTS) is 1. The molecule has 15 heteroatoms. The van der Waals surface area contributed by atoms with Crippen molar-refractivity contribution in [3.63, 3.8) is 0 Å². The summed E-state index contributed by atoms with van der Waals surface area (Å²) in [6.07, 6.45) is 9.11. The van der Waals surface area contributed by atoms with Crippen LogP contribution < -0.4 is 15.4 Å². The number of carbonyl (C=O) groups is 4. The summed E-state index contributed by atoms with van der Waals surface area (Å²) in [7, 11) is 1.59. The lowest BCUT2D eigenvalue weighted by molar-refractivity contribution is -0.145. The highest BCUT2D eigenvalue weighted by molar-refractivity contribution is 7.13. The molecular weight excluding hydrogens is 699 g/mol. The molecule has 4 N–H and O–H groups in total. The number of thiazole rings is 1. The van der Waals surface area contributed by atoms with Crippen LogP contribution in [0.5, 0.6) is 11.5 Å². The molecule has 0 spiro atoms. The molecule has 2 aromatic carbocycles. The van der Waals surface area contributed by atoms with Gasteiger partial charge in [0.15, 0.2) is 0 Å². The van der Waals surface area contributed by atoms with Crippen molar-refractivity contribution in [2.24, 2.45) is 5.92 Å². The Hall–Kier alpha value is -5.57. The zero-order chi connectivity index (χ0) is 37.3. The summed E-state index contributed by atoms with van der Waals surface area (Å²) >= 11 is 1.40. The van der Waals surface area contributed by atoms with E-state index in [2.05, 4.69) is 15.6 Å². The molecule has 53 heavy (non-hydrogen) atoms. The van der Waals surface area contributed by atoms with E-state index in [9.17, 15) is 29.4 Å². The number of fused-ring (bicyclic) bond motifs is 2. The van der Waals surface area contributed by atoms with E-state index in [1.54, 1.807) is 32.4 Å². The first-order valence-corrected chi connectivity index (χ1v) is 18.6. The van der Waals surface area contributed by atoms with Crippen LogP contribution in [-0.2, 0) is 14.4 Å². The number of phenols is 1. The Morgan fingerprint density at radius 2 is 1.87 bits per heavy atom. The summed E-state index contributed by atoms with van der Waals surface area (Å²) in [6, 6.07) is 9.38. The van der Waals surface area contributed by atoms with Crippen LogP contribution in [0.3, 0.4) is 0 Å². The number of hydrogen-bond donors (Lipinski definition) is 4. The van der Waals surface area contributed by atoms with Gasteiger partial charge in [-0.2, -0.15) is 9.90 Å². The van der Waals surface area contributed by atoms with E-state index in [1.807, 2.05) is 41.8 Å². The molecule has 1 saturated heterocycles. The number of amides is 3. The van der Waals surface area contributed by atoms with Crippen molar-refractivity contribution in [3.05, 3.63) is 77.3 Å². The van der Waals surface area contributed by atoms with Gasteiger partial charge in [-0.15, -0.1) is 16.4 Å². The van der Waals surface area contributed by atoms with Gasteiger partial charge in [0.25, 0.3) is 5.91 Å². The summed E-state index contributed by atoms with van der Waals surface area (Å²) in [5, 5.41) is 38.5. The van der Waals surface area contributed by atoms with Crippen molar-refractivity contribution >= 4 is 35.0 Å². The zero-order valence-electron chi connectivity index (χ0n) is 29.4. The predicted octanol–water partition coefficient (Wildman–Crippen LogP) is 4.51. The number of methoxy groups -OCH3 is 1. The number of ether oxygens (including phenoxy) is 1. The SMILES string of the molecule is COc1ccc(-c2nn([C@@H]3C[C@H]4C(=O)N[C@@]5(C(=O)O)C[C@H]5C=CCCCCC[C@@H](NC(=O)c5cccc(O)c5C)C(=O)N4C3)nc2-c2nccs2)cc1. The smallest absolute Gasteiger partial charge is 0.330 e. The molecule has 1 saturated carbocycles. The van der Waals surface area contributed by atoms with E-state index in [0.29, 0.717) is 40.6 Å². The first-order chi connectivity index (χ1) is 25.6. The maximum absolute atomic E-state index is 14.6. The third kappa shape index (κ3) is 7.12. The molecule has 7 rings (SSSR count). The number of phenolic OH excluding ortho intramolecular Hbond substituents is 1. The monoisotopic (exact) mass is 739 g/mol. The van der Waals surface area contributed by atoms with Crippen LogP contribution in [0, 0.1) is 12.8 Å². The molecule has 0 bridgehead atoms. The predicted molar refractivity (Wildman–Crippen MR) is 195 cm³/mol. The Bertz CT molecular complexity index is 2050. The first-order valence-electron chi connectivity index (χ1n) is 17.7. The summed E-state index contributed by atoms with van der Waals surface area (Å²) in [5.74, 6) is -2.44. The van der Waals surface area contributed by atoms with Crippen LogP contribution in [0.25, 0.3) is 22.0 Å². The average molecular weight is 740 g/mol. The molecule has 4 aromatic rings. The van der Waals surface area contributed by atoms with Gasteiger partial charge >= 0.3 is 5.97 Å². The largest absolute Gasteiger partial charge is 0.508 e. The molecular formula is C38H41N7O7S. The van der Waals surface area contributed by atoms with Gasteiger partial charge in [0, 0.05) is 47.2 Å². The fourth-order valence-electron chi connectivity index (χ4n) is 7.26. The molecule has 4 heterocycles. The van der Waals surface area contributed by atoms with Crippen LogP contribution >= 0.6 is 11.3 Å². The minimum Gasteiger partial charge on any atom is -0.508 e. The zero-order valence-corrected chi connectivity index (χ0v) is 30.2. The molecule has 3 amide bonds. The molecule has 2 aliphatic heterocycles. The van der Waals surface area contributed by atoms with E-state index >= 15 is 0 Å². The van der Waals surface area contributed by atoms with Crippen LogP contribution in [-0.4, -0.2) is 90.1 Å². The third-order valence-electron chi connectivity index (χ3n) is 10.4. The number of aromatic nitrogens is 4. The number of benzene rings is 2. The van der Waals surface area contributed by atoms with Gasteiger partial charge < -0.3 is 30.5 Å². The summed E-state index contributed by atoms with van der Waals surface area (Å²) < 4.78 is 5.34. The summed E-state index contributed by atoms with van der Waals surface area (Å²) in [5.41, 5.74) is 1.01. The van der Waals surface area contributed by atoms with Crippen molar-refractivity contribution in [2.45, 2.75) is 75.5 Å². The van der Waals surface area contributed by atoms with Crippen LogP contribution in [0.2, 0.25) is 0 Å². The van der Waals surface area contributed by atoms with Crippen LogP contribution in [0.4, 0.5) is 0 Å². The fraction of sp³-hybridized carbons (Fsp3) is 0.395. The molecule has 14 nitrogen and oxygen atoms in total. The molecule has 276 valence electrons. The molecule has 2 fully saturated rings. The van der Waals surface area contributed by atoms with E-state index in [1.165, 1.54) is 27.1 Å². The lowest BCUT2D eigenvalue weighted by Gasteiger charge is -2.29. The fourth-order valence-corrected chi connectivity index (χ4v) is 7.89. The van der Waals surface area contributed by atoms with E-state index < -0.39 is 47.4 Å².